The van der Waals surface area contributed by atoms with Crippen LogP contribution in [-0.4, -0.2) is 31.0 Å². The van der Waals surface area contributed by atoms with E-state index in [-0.39, 0.29) is 5.91 Å². The molecule has 0 spiro atoms. The first-order valence-electron chi connectivity index (χ1n) is 6.58. The highest BCUT2D eigenvalue weighted by Gasteiger charge is 2.24. The van der Waals surface area contributed by atoms with Crippen molar-refractivity contribution in [1.29, 1.82) is 5.26 Å². The first-order valence-corrected chi connectivity index (χ1v) is 6.95. The van der Waals surface area contributed by atoms with Crippen molar-refractivity contribution in [2.45, 2.75) is 20.3 Å². The van der Waals surface area contributed by atoms with Gasteiger partial charge in [0.2, 0.25) is 5.91 Å². The van der Waals surface area contributed by atoms with Crippen molar-refractivity contribution in [2.75, 3.05) is 20.2 Å². The van der Waals surface area contributed by atoms with Crippen LogP contribution in [0.15, 0.2) is 18.2 Å². The van der Waals surface area contributed by atoms with Crippen LogP contribution in [0.4, 0.5) is 0 Å². The quantitative estimate of drug-likeness (QED) is 0.810. The third-order valence-corrected chi connectivity index (χ3v) is 3.43. The maximum Gasteiger partial charge on any atom is 0.240 e. The van der Waals surface area contributed by atoms with Crippen LogP contribution in [0.25, 0.3) is 0 Å². The lowest BCUT2D eigenvalue weighted by Gasteiger charge is -2.22. The maximum absolute atomic E-state index is 12.3. The second kappa shape index (κ2) is 7.76. The third kappa shape index (κ3) is 3.88. The van der Waals surface area contributed by atoms with Gasteiger partial charge in [0.25, 0.3) is 0 Å². The standard InChI is InChI=1S/C15H19ClN2O2/c1-4-18(5-2)15(19)12(10-17)8-11-9-13(16)6-7-14(11)20-3/h6-7,9,12H,4-5,8H2,1-3H3. The van der Waals surface area contributed by atoms with Crippen molar-refractivity contribution in [3.8, 4) is 11.8 Å². The van der Waals surface area contributed by atoms with Crippen LogP contribution in [0.5, 0.6) is 5.75 Å². The summed E-state index contributed by atoms with van der Waals surface area (Å²) in [7, 11) is 1.56. The monoisotopic (exact) mass is 294 g/mol. The first kappa shape index (κ1) is 16.3. The fourth-order valence-electron chi connectivity index (χ4n) is 2.07. The van der Waals surface area contributed by atoms with Crippen molar-refractivity contribution in [1.82, 2.24) is 4.90 Å². The van der Waals surface area contributed by atoms with Gasteiger partial charge >= 0.3 is 0 Å². The molecule has 0 bridgehead atoms. The van der Waals surface area contributed by atoms with Crippen molar-refractivity contribution < 1.29 is 9.53 Å². The fraction of sp³-hybridized carbons (Fsp3) is 0.467. The number of amides is 1. The Bertz CT molecular complexity index is 507. The molecular formula is C15H19ClN2O2. The van der Waals surface area contributed by atoms with Gasteiger partial charge in [0.05, 0.1) is 13.2 Å². The molecule has 0 saturated heterocycles. The molecule has 0 fully saturated rings. The molecular weight excluding hydrogens is 276 g/mol. The topological polar surface area (TPSA) is 53.3 Å². The molecule has 1 aromatic carbocycles. The third-order valence-electron chi connectivity index (χ3n) is 3.20. The summed E-state index contributed by atoms with van der Waals surface area (Å²) in [5.41, 5.74) is 0.770. The highest BCUT2D eigenvalue weighted by molar-refractivity contribution is 6.30. The predicted molar refractivity (Wildman–Crippen MR) is 78.7 cm³/mol. The molecule has 1 rings (SSSR count). The molecule has 0 heterocycles. The number of carbonyl (C=O) groups is 1. The number of carbonyl (C=O) groups excluding carboxylic acids is 1. The van der Waals surface area contributed by atoms with Crippen LogP contribution in [0.3, 0.4) is 0 Å². The molecule has 0 aliphatic carbocycles. The number of halogens is 1. The molecule has 0 aliphatic rings. The van der Waals surface area contributed by atoms with Gasteiger partial charge in [-0.1, -0.05) is 11.6 Å². The Morgan fingerprint density at radius 3 is 2.60 bits per heavy atom. The van der Waals surface area contributed by atoms with Gasteiger partial charge in [-0.2, -0.15) is 5.26 Å². The lowest BCUT2D eigenvalue weighted by molar-refractivity contribution is -0.133. The second-order valence-corrected chi connectivity index (χ2v) is 4.79. The SMILES string of the molecule is CCN(CC)C(=O)C(C#N)Cc1cc(Cl)ccc1OC. The van der Waals surface area contributed by atoms with Crippen LogP contribution < -0.4 is 4.74 Å². The molecule has 1 unspecified atom stereocenters. The Kier molecular flexibility index (Phi) is 6.33. The van der Waals surface area contributed by atoms with E-state index in [4.69, 9.17) is 16.3 Å². The molecule has 0 aliphatic heterocycles. The minimum atomic E-state index is -0.720. The number of hydrogen-bond acceptors (Lipinski definition) is 3. The van der Waals surface area contributed by atoms with Crippen LogP contribution in [0.1, 0.15) is 19.4 Å². The Morgan fingerprint density at radius 1 is 1.45 bits per heavy atom. The number of nitrogens with zero attached hydrogens (tertiary/aromatic N) is 2. The lowest BCUT2D eigenvalue weighted by atomic mass is 9.98. The normalized spacial score (nSPS) is 11.6. The average Bonchev–Trinajstić information content (AvgIpc) is 2.46. The van der Waals surface area contributed by atoms with E-state index in [1.807, 2.05) is 13.8 Å². The zero-order valence-corrected chi connectivity index (χ0v) is 12.8. The van der Waals surface area contributed by atoms with E-state index < -0.39 is 5.92 Å². The van der Waals surface area contributed by atoms with Crippen LogP contribution in [0, 0.1) is 17.2 Å². The molecule has 1 amide bonds. The van der Waals surface area contributed by atoms with Gasteiger partial charge in [-0.25, -0.2) is 0 Å². The van der Waals surface area contributed by atoms with Gasteiger partial charge in [-0.3, -0.25) is 4.79 Å². The molecule has 0 saturated carbocycles. The maximum atomic E-state index is 12.3. The zero-order valence-electron chi connectivity index (χ0n) is 12.0. The van der Waals surface area contributed by atoms with Crippen molar-refractivity contribution in [3.05, 3.63) is 28.8 Å². The summed E-state index contributed by atoms with van der Waals surface area (Å²) in [4.78, 5) is 13.9. The largest absolute Gasteiger partial charge is 0.496 e. The Labute approximate surface area is 124 Å². The number of rotatable bonds is 6. The molecule has 0 aromatic heterocycles. The molecule has 20 heavy (non-hydrogen) atoms. The molecule has 1 atom stereocenters. The zero-order chi connectivity index (χ0) is 15.1. The summed E-state index contributed by atoms with van der Waals surface area (Å²) < 4.78 is 5.25. The van der Waals surface area contributed by atoms with E-state index >= 15 is 0 Å². The molecule has 5 heteroatoms. The van der Waals surface area contributed by atoms with Crippen molar-refractivity contribution in [2.24, 2.45) is 5.92 Å². The summed E-state index contributed by atoms with van der Waals surface area (Å²) in [5.74, 6) is -0.233. The van der Waals surface area contributed by atoms with Crippen LogP contribution in [0.2, 0.25) is 5.02 Å². The smallest absolute Gasteiger partial charge is 0.240 e. The van der Waals surface area contributed by atoms with Crippen LogP contribution in [-0.2, 0) is 11.2 Å². The van der Waals surface area contributed by atoms with Crippen molar-refractivity contribution in [3.63, 3.8) is 0 Å². The summed E-state index contributed by atoms with van der Waals surface area (Å²) >= 11 is 5.96. The Morgan fingerprint density at radius 2 is 2.10 bits per heavy atom. The van der Waals surface area contributed by atoms with Gasteiger partial charge in [-0.15, -0.1) is 0 Å². The molecule has 108 valence electrons. The molecule has 0 radical (unpaired) electrons. The predicted octanol–water partition coefficient (Wildman–Crippen LogP) is 2.90. The second-order valence-electron chi connectivity index (χ2n) is 4.35. The van der Waals surface area contributed by atoms with Gasteiger partial charge in [0.15, 0.2) is 0 Å². The van der Waals surface area contributed by atoms with Gasteiger partial charge in [0, 0.05) is 24.5 Å². The number of benzene rings is 1. The minimum Gasteiger partial charge on any atom is -0.496 e. The summed E-state index contributed by atoms with van der Waals surface area (Å²) in [6.45, 7) is 4.99. The summed E-state index contributed by atoms with van der Waals surface area (Å²) in [5, 5.41) is 9.82. The summed E-state index contributed by atoms with van der Waals surface area (Å²) in [6.07, 6.45) is 0.301. The van der Waals surface area contributed by atoms with Gasteiger partial charge in [-0.05, 0) is 37.6 Å². The van der Waals surface area contributed by atoms with Crippen LogP contribution >= 0.6 is 11.6 Å². The highest BCUT2D eigenvalue weighted by atomic mass is 35.5. The van der Waals surface area contributed by atoms with E-state index in [1.54, 1.807) is 30.2 Å². The van der Waals surface area contributed by atoms with E-state index in [1.165, 1.54) is 0 Å². The number of methoxy groups -OCH3 is 1. The average molecular weight is 295 g/mol. The Hall–Kier alpha value is -1.73. The highest BCUT2D eigenvalue weighted by Crippen LogP contribution is 2.25. The van der Waals surface area contributed by atoms with Gasteiger partial charge in [0.1, 0.15) is 11.7 Å². The number of nitriles is 1. The molecule has 1 aromatic rings. The van der Waals surface area contributed by atoms with Crippen molar-refractivity contribution >= 4 is 17.5 Å². The Balaban J connectivity index is 2.97. The fourth-order valence-corrected chi connectivity index (χ4v) is 2.27. The van der Waals surface area contributed by atoms with E-state index in [2.05, 4.69) is 6.07 Å². The molecule has 0 N–H and O–H groups in total. The lowest BCUT2D eigenvalue weighted by Crippen LogP contribution is -2.36. The first-order chi connectivity index (χ1) is 9.57. The van der Waals surface area contributed by atoms with Gasteiger partial charge < -0.3 is 9.64 Å². The van der Waals surface area contributed by atoms with E-state index in [9.17, 15) is 10.1 Å². The molecule has 4 nitrogen and oxygen atoms in total. The van der Waals surface area contributed by atoms with E-state index in [0.717, 1.165) is 5.56 Å². The van der Waals surface area contributed by atoms with E-state index in [0.29, 0.717) is 30.3 Å². The summed E-state index contributed by atoms with van der Waals surface area (Å²) in [6, 6.07) is 7.28. The number of hydrogen-bond donors (Lipinski definition) is 0. The number of ether oxygens (including phenoxy) is 1. The minimum absolute atomic E-state index is 0.153.